The first kappa shape index (κ1) is 23.2. The summed E-state index contributed by atoms with van der Waals surface area (Å²) < 4.78 is 0. The lowest BCUT2D eigenvalue weighted by Gasteiger charge is -2.31. The van der Waals surface area contributed by atoms with Crippen LogP contribution < -0.4 is 5.32 Å². The molecule has 0 fully saturated rings. The molecule has 156 valence electrons. The van der Waals surface area contributed by atoms with Crippen LogP contribution in [0.3, 0.4) is 0 Å². The number of hydrogen-bond donors (Lipinski definition) is 1. The minimum Gasteiger partial charge on any atom is -0.350 e. The zero-order valence-corrected chi connectivity index (χ0v) is 18.8. The molecule has 4 nitrogen and oxygen atoms in total. The molecule has 1 N–H and O–H groups in total. The summed E-state index contributed by atoms with van der Waals surface area (Å²) in [6, 6.07) is 14.2. The highest BCUT2D eigenvalue weighted by Gasteiger charge is 2.28. The van der Waals surface area contributed by atoms with E-state index in [0.29, 0.717) is 23.0 Å². The Bertz CT molecular complexity index is 845. The van der Waals surface area contributed by atoms with Gasteiger partial charge in [-0.2, -0.15) is 0 Å². The second-order valence-electron chi connectivity index (χ2n) is 8.15. The summed E-state index contributed by atoms with van der Waals surface area (Å²) in [5, 5.41) is 4.23. The van der Waals surface area contributed by atoms with Gasteiger partial charge in [0.2, 0.25) is 11.8 Å². The average Bonchev–Trinajstić information content (AvgIpc) is 2.64. The van der Waals surface area contributed by atoms with Crippen LogP contribution in [0, 0.1) is 0 Å². The van der Waals surface area contributed by atoms with E-state index in [2.05, 4.69) is 5.32 Å². The predicted octanol–water partition coefficient (Wildman–Crippen LogP) is 5.26. The Morgan fingerprint density at radius 1 is 1.03 bits per heavy atom. The van der Waals surface area contributed by atoms with Crippen molar-refractivity contribution in [1.29, 1.82) is 0 Å². The fourth-order valence-corrected chi connectivity index (χ4v) is 3.29. The molecule has 1 atom stereocenters. The summed E-state index contributed by atoms with van der Waals surface area (Å²) in [4.78, 5) is 27.4. The molecular weight excluding hydrogens is 407 g/mol. The number of aryl methyl sites for hydroxylation is 1. The molecule has 0 aliphatic heterocycles. The quantitative estimate of drug-likeness (QED) is 0.645. The van der Waals surface area contributed by atoms with Crippen molar-refractivity contribution in [3.05, 3.63) is 69.7 Å². The van der Waals surface area contributed by atoms with Gasteiger partial charge in [-0.1, -0.05) is 53.5 Å². The van der Waals surface area contributed by atoms with E-state index >= 15 is 0 Å². The Balaban J connectivity index is 2.18. The number of benzene rings is 2. The standard InChI is InChI=1S/C23H28Cl2N2O2/c1-16(22(29)26-23(2,3)4)27(15-17-9-12-19(24)13-10-17)21(28)14-11-18-7-5-6-8-20(18)25/h5-10,12-13,16H,11,14-15H2,1-4H3,(H,26,29)/t16-/m1/s1. The third kappa shape index (κ3) is 7.37. The molecule has 6 heteroatoms. The van der Waals surface area contributed by atoms with Crippen LogP contribution in [0.5, 0.6) is 0 Å². The summed E-state index contributed by atoms with van der Waals surface area (Å²) in [5.41, 5.74) is 1.45. The molecule has 29 heavy (non-hydrogen) atoms. The van der Waals surface area contributed by atoms with Gasteiger partial charge in [-0.3, -0.25) is 9.59 Å². The van der Waals surface area contributed by atoms with Gasteiger partial charge in [0, 0.05) is 28.5 Å². The lowest BCUT2D eigenvalue weighted by Crippen LogP contribution is -2.52. The third-order valence-corrected chi connectivity index (χ3v) is 5.12. The molecule has 2 amide bonds. The SMILES string of the molecule is C[C@H](C(=O)NC(C)(C)C)N(Cc1ccc(Cl)cc1)C(=O)CCc1ccccc1Cl. The maximum absolute atomic E-state index is 13.1. The Labute approximate surface area is 183 Å². The van der Waals surface area contributed by atoms with Crippen LogP contribution in [-0.2, 0) is 22.6 Å². The maximum atomic E-state index is 13.1. The molecule has 0 saturated heterocycles. The van der Waals surface area contributed by atoms with Gasteiger partial charge in [-0.25, -0.2) is 0 Å². The van der Waals surface area contributed by atoms with Crippen molar-refractivity contribution < 1.29 is 9.59 Å². The number of carbonyl (C=O) groups excluding carboxylic acids is 2. The van der Waals surface area contributed by atoms with E-state index in [-0.39, 0.29) is 23.8 Å². The van der Waals surface area contributed by atoms with Gasteiger partial charge >= 0.3 is 0 Å². The lowest BCUT2D eigenvalue weighted by atomic mass is 10.1. The zero-order valence-electron chi connectivity index (χ0n) is 17.3. The Kier molecular flexibility index (Phi) is 8.12. The van der Waals surface area contributed by atoms with Gasteiger partial charge in [0.1, 0.15) is 6.04 Å². The van der Waals surface area contributed by atoms with Crippen molar-refractivity contribution >= 4 is 35.0 Å². The van der Waals surface area contributed by atoms with E-state index in [4.69, 9.17) is 23.2 Å². The molecule has 2 rings (SSSR count). The molecule has 0 bridgehead atoms. The molecule has 0 saturated carbocycles. The first-order chi connectivity index (χ1) is 13.6. The van der Waals surface area contributed by atoms with Crippen LogP contribution in [0.2, 0.25) is 10.0 Å². The maximum Gasteiger partial charge on any atom is 0.242 e. The van der Waals surface area contributed by atoms with Crippen molar-refractivity contribution in [3.8, 4) is 0 Å². The van der Waals surface area contributed by atoms with E-state index in [1.165, 1.54) is 0 Å². The van der Waals surface area contributed by atoms with Crippen LogP contribution in [0.1, 0.15) is 45.2 Å². The Morgan fingerprint density at radius 2 is 1.66 bits per heavy atom. The number of halogens is 2. The predicted molar refractivity (Wildman–Crippen MR) is 119 cm³/mol. The van der Waals surface area contributed by atoms with E-state index in [0.717, 1.165) is 11.1 Å². The Hall–Kier alpha value is -2.04. The fraction of sp³-hybridized carbons (Fsp3) is 0.391. The molecule has 0 unspecified atom stereocenters. The minimum absolute atomic E-state index is 0.101. The summed E-state index contributed by atoms with van der Waals surface area (Å²) in [7, 11) is 0. The van der Waals surface area contributed by atoms with E-state index < -0.39 is 6.04 Å². The molecule has 0 radical (unpaired) electrons. The van der Waals surface area contributed by atoms with Gasteiger partial charge in [0.05, 0.1) is 0 Å². The van der Waals surface area contributed by atoms with Gasteiger partial charge in [-0.05, 0) is 63.4 Å². The highest BCUT2D eigenvalue weighted by Crippen LogP contribution is 2.19. The van der Waals surface area contributed by atoms with Gasteiger partial charge < -0.3 is 10.2 Å². The van der Waals surface area contributed by atoms with E-state index in [1.807, 2.05) is 57.2 Å². The van der Waals surface area contributed by atoms with Crippen LogP contribution in [-0.4, -0.2) is 28.3 Å². The first-order valence-corrected chi connectivity index (χ1v) is 10.4. The smallest absolute Gasteiger partial charge is 0.242 e. The first-order valence-electron chi connectivity index (χ1n) is 9.66. The van der Waals surface area contributed by atoms with Crippen LogP contribution in [0.15, 0.2) is 48.5 Å². The normalized spacial score (nSPS) is 12.3. The van der Waals surface area contributed by atoms with Crippen LogP contribution in [0.4, 0.5) is 0 Å². The largest absolute Gasteiger partial charge is 0.350 e. The van der Waals surface area contributed by atoms with E-state index in [9.17, 15) is 9.59 Å². The second kappa shape index (κ2) is 10.1. The van der Waals surface area contributed by atoms with Gasteiger partial charge in [-0.15, -0.1) is 0 Å². The number of rotatable bonds is 7. The highest BCUT2D eigenvalue weighted by molar-refractivity contribution is 6.31. The summed E-state index contributed by atoms with van der Waals surface area (Å²) in [5.74, 6) is -0.283. The number of amides is 2. The molecule has 0 aromatic heterocycles. The number of nitrogens with one attached hydrogen (secondary N) is 1. The zero-order chi connectivity index (χ0) is 21.6. The van der Waals surface area contributed by atoms with Crippen molar-refractivity contribution in [3.63, 3.8) is 0 Å². The molecule has 0 spiro atoms. The lowest BCUT2D eigenvalue weighted by molar-refractivity contribution is -0.141. The highest BCUT2D eigenvalue weighted by atomic mass is 35.5. The molecule has 2 aromatic rings. The number of hydrogen-bond acceptors (Lipinski definition) is 2. The number of nitrogens with zero attached hydrogens (tertiary/aromatic N) is 1. The molecule has 2 aromatic carbocycles. The van der Waals surface area contributed by atoms with Crippen LogP contribution in [0.25, 0.3) is 0 Å². The van der Waals surface area contributed by atoms with Crippen molar-refractivity contribution in [1.82, 2.24) is 10.2 Å². The van der Waals surface area contributed by atoms with Crippen molar-refractivity contribution in [2.24, 2.45) is 0 Å². The summed E-state index contributed by atoms with van der Waals surface area (Å²) in [6.45, 7) is 7.84. The molecular formula is C23H28Cl2N2O2. The summed E-state index contributed by atoms with van der Waals surface area (Å²) >= 11 is 12.2. The van der Waals surface area contributed by atoms with Gasteiger partial charge in [0.25, 0.3) is 0 Å². The third-order valence-electron chi connectivity index (χ3n) is 4.50. The second-order valence-corrected chi connectivity index (χ2v) is 9.00. The van der Waals surface area contributed by atoms with E-state index in [1.54, 1.807) is 24.0 Å². The molecule has 0 heterocycles. The van der Waals surface area contributed by atoms with Gasteiger partial charge in [0.15, 0.2) is 0 Å². The van der Waals surface area contributed by atoms with Crippen LogP contribution >= 0.6 is 23.2 Å². The topological polar surface area (TPSA) is 49.4 Å². The summed E-state index contributed by atoms with van der Waals surface area (Å²) in [6.07, 6.45) is 0.785. The molecule has 0 aliphatic carbocycles. The monoisotopic (exact) mass is 434 g/mol. The molecule has 0 aliphatic rings. The van der Waals surface area contributed by atoms with Crippen molar-refractivity contribution in [2.45, 2.75) is 58.7 Å². The number of carbonyl (C=O) groups is 2. The Morgan fingerprint density at radius 3 is 2.24 bits per heavy atom. The minimum atomic E-state index is -0.608. The fourth-order valence-electron chi connectivity index (χ4n) is 2.93. The average molecular weight is 435 g/mol. The van der Waals surface area contributed by atoms with Crippen molar-refractivity contribution in [2.75, 3.05) is 0 Å².